The number of hydrogen-bond donors (Lipinski definition) is 2. The summed E-state index contributed by atoms with van der Waals surface area (Å²) in [6.07, 6.45) is 2.09. The quantitative estimate of drug-likeness (QED) is 0.434. The van der Waals surface area contributed by atoms with Crippen molar-refractivity contribution in [1.82, 2.24) is 0 Å². The molecule has 0 saturated heterocycles. The zero-order valence-electron chi connectivity index (χ0n) is 6.92. The Hall–Kier alpha value is -0.380. The van der Waals surface area contributed by atoms with Crippen LogP contribution in [0.3, 0.4) is 0 Å². The zero-order chi connectivity index (χ0) is 8.74. The van der Waals surface area contributed by atoms with Crippen LogP contribution in [0.2, 0.25) is 0 Å². The molecule has 0 aromatic carbocycles. The summed E-state index contributed by atoms with van der Waals surface area (Å²) in [5.41, 5.74) is -1.01. The highest BCUT2D eigenvalue weighted by atomic mass is 16.5. The van der Waals surface area contributed by atoms with Crippen molar-refractivity contribution in [2.45, 2.75) is 18.9 Å². The number of rotatable bonds is 6. The highest BCUT2D eigenvalue weighted by Gasteiger charge is 2.17. The van der Waals surface area contributed by atoms with Crippen LogP contribution in [0.4, 0.5) is 0 Å². The van der Waals surface area contributed by atoms with E-state index in [0.29, 0.717) is 19.6 Å². The van der Waals surface area contributed by atoms with Gasteiger partial charge in [0.1, 0.15) is 0 Å². The van der Waals surface area contributed by atoms with Gasteiger partial charge in [0.15, 0.2) is 0 Å². The first-order valence-corrected chi connectivity index (χ1v) is 3.64. The molecule has 0 aromatic heterocycles. The molecule has 0 saturated carbocycles. The van der Waals surface area contributed by atoms with Crippen LogP contribution in [0, 0.1) is 0 Å². The van der Waals surface area contributed by atoms with Gasteiger partial charge in [0, 0.05) is 13.0 Å². The first-order valence-electron chi connectivity index (χ1n) is 3.64. The van der Waals surface area contributed by atoms with Gasteiger partial charge in [-0.1, -0.05) is 6.08 Å². The third-order valence-corrected chi connectivity index (χ3v) is 1.36. The van der Waals surface area contributed by atoms with Gasteiger partial charge in [-0.15, -0.1) is 6.58 Å². The van der Waals surface area contributed by atoms with Crippen molar-refractivity contribution in [3.8, 4) is 0 Å². The topological polar surface area (TPSA) is 49.7 Å². The van der Waals surface area contributed by atoms with Crippen LogP contribution < -0.4 is 0 Å². The largest absolute Gasteiger partial charge is 0.393 e. The molecule has 0 bridgehead atoms. The minimum Gasteiger partial charge on any atom is -0.393 e. The van der Waals surface area contributed by atoms with E-state index in [-0.39, 0.29) is 6.61 Å². The molecule has 0 aromatic rings. The lowest BCUT2D eigenvalue weighted by Crippen LogP contribution is -2.30. The van der Waals surface area contributed by atoms with Crippen LogP contribution in [-0.2, 0) is 4.74 Å². The van der Waals surface area contributed by atoms with Gasteiger partial charge in [-0.25, -0.2) is 0 Å². The van der Waals surface area contributed by atoms with Crippen molar-refractivity contribution in [3.63, 3.8) is 0 Å². The molecule has 0 spiro atoms. The number of hydrogen-bond acceptors (Lipinski definition) is 3. The maximum Gasteiger partial charge on any atom is 0.0871 e. The Morgan fingerprint density at radius 3 is 2.73 bits per heavy atom. The van der Waals surface area contributed by atoms with Crippen LogP contribution in [0.25, 0.3) is 0 Å². The van der Waals surface area contributed by atoms with E-state index in [2.05, 4.69) is 6.58 Å². The first-order chi connectivity index (χ1) is 5.12. The second-order valence-corrected chi connectivity index (χ2v) is 2.77. The lowest BCUT2D eigenvalue weighted by molar-refractivity contribution is -0.0240. The van der Waals surface area contributed by atoms with E-state index in [4.69, 9.17) is 9.84 Å². The second kappa shape index (κ2) is 5.29. The zero-order valence-corrected chi connectivity index (χ0v) is 6.92. The van der Waals surface area contributed by atoms with Gasteiger partial charge < -0.3 is 14.9 Å². The normalized spacial score (nSPS) is 15.9. The van der Waals surface area contributed by atoms with Gasteiger partial charge in [0.25, 0.3) is 0 Å². The molecule has 11 heavy (non-hydrogen) atoms. The summed E-state index contributed by atoms with van der Waals surface area (Å²) in [6.45, 7) is 5.75. The lowest BCUT2D eigenvalue weighted by atomic mass is 10.1. The van der Waals surface area contributed by atoms with Gasteiger partial charge in [0.05, 0.1) is 18.8 Å². The molecule has 0 amide bonds. The molecule has 0 rings (SSSR count). The molecule has 66 valence electrons. The molecule has 0 radical (unpaired) electrons. The van der Waals surface area contributed by atoms with Crippen molar-refractivity contribution in [1.29, 1.82) is 0 Å². The summed E-state index contributed by atoms with van der Waals surface area (Å²) in [5, 5.41) is 17.9. The van der Waals surface area contributed by atoms with Crippen LogP contribution in [0.15, 0.2) is 12.7 Å². The predicted molar refractivity (Wildman–Crippen MR) is 43.3 cm³/mol. The van der Waals surface area contributed by atoms with E-state index in [1.807, 2.05) is 0 Å². The highest BCUT2D eigenvalue weighted by Crippen LogP contribution is 2.06. The average Bonchev–Trinajstić information content (AvgIpc) is 1.99. The second-order valence-electron chi connectivity index (χ2n) is 2.77. The third-order valence-electron chi connectivity index (χ3n) is 1.36. The summed E-state index contributed by atoms with van der Waals surface area (Å²) in [4.78, 5) is 0. The van der Waals surface area contributed by atoms with Gasteiger partial charge in [0.2, 0.25) is 0 Å². The molecule has 0 unspecified atom stereocenters. The Morgan fingerprint density at radius 1 is 1.64 bits per heavy atom. The van der Waals surface area contributed by atoms with Crippen molar-refractivity contribution in [2.75, 3.05) is 19.8 Å². The molecule has 0 aliphatic rings. The summed E-state index contributed by atoms with van der Waals surface area (Å²) in [7, 11) is 0. The summed E-state index contributed by atoms with van der Waals surface area (Å²) >= 11 is 0. The lowest BCUT2D eigenvalue weighted by Gasteiger charge is -2.19. The Balaban J connectivity index is 3.29. The average molecular weight is 160 g/mol. The Morgan fingerprint density at radius 2 is 2.27 bits per heavy atom. The van der Waals surface area contributed by atoms with Crippen LogP contribution in [0.5, 0.6) is 0 Å². The number of ether oxygens (including phenoxy) is 1. The van der Waals surface area contributed by atoms with E-state index in [1.165, 1.54) is 0 Å². The van der Waals surface area contributed by atoms with Crippen LogP contribution >= 0.6 is 0 Å². The molecule has 0 fully saturated rings. The molecular formula is C8H16O3. The van der Waals surface area contributed by atoms with Gasteiger partial charge in [-0.2, -0.15) is 0 Å². The fraction of sp³-hybridized carbons (Fsp3) is 0.750. The Labute approximate surface area is 67.3 Å². The molecule has 3 heteroatoms. The molecule has 0 aliphatic carbocycles. The van der Waals surface area contributed by atoms with E-state index in [1.54, 1.807) is 13.0 Å². The van der Waals surface area contributed by atoms with Crippen molar-refractivity contribution in [3.05, 3.63) is 12.7 Å². The molecule has 2 N–H and O–H groups in total. The number of aliphatic hydroxyl groups is 2. The minimum absolute atomic E-state index is 0.232. The van der Waals surface area contributed by atoms with Gasteiger partial charge in [-0.05, 0) is 6.92 Å². The molecule has 3 nitrogen and oxygen atoms in total. The molecule has 0 aliphatic heterocycles. The first kappa shape index (κ1) is 10.6. The van der Waals surface area contributed by atoms with Crippen LogP contribution in [0.1, 0.15) is 13.3 Å². The van der Waals surface area contributed by atoms with Crippen molar-refractivity contribution in [2.24, 2.45) is 0 Å². The summed E-state index contributed by atoms with van der Waals surface area (Å²) in [5.74, 6) is 0. The SMILES string of the molecule is C=CCOCC[C@@](C)(O)CO. The summed E-state index contributed by atoms with van der Waals surface area (Å²) < 4.78 is 5.03. The van der Waals surface area contributed by atoms with E-state index >= 15 is 0 Å². The monoisotopic (exact) mass is 160 g/mol. The maximum atomic E-state index is 9.27. The summed E-state index contributed by atoms with van der Waals surface area (Å²) in [6, 6.07) is 0. The maximum absolute atomic E-state index is 9.27. The van der Waals surface area contributed by atoms with Gasteiger partial charge >= 0.3 is 0 Å². The standard InChI is InChI=1S/C8H16O3/c1-3-5-11-6-4-8(2,10)7-9/h3,9-10H,1,4-7H2,2H3/t8-/m1/s1. The van der Waals surface area contributed by atoms with E-state index in [9.17, 15) is 5.11 Å². The highest BCUT2D eigenvalue weighted by molar-refractivity contribution is 4.70. The van der Waals surface area contributed by atoms with Crippen LogP contribution in [-0.4, -0.2) is 35.6 Å². The van der Waals surface area contributed by atoms with E-state index < -0.39 is 5.60 Å². The Kier molecular flexibility index (Phi) is 5.11. The van der Waals surface area contributed by atoms with E-state index in [0.717, 1.165) is 0 Å². The smallest absolute Gasteiger partial charge is 0.0871 e. The van der Waals surface area contributed by atoms with Crippen molar-refractivity contribution < 1.29 is 14.9 Å². The minimum atomic E-state index is -1.01. The fourth-order valence-electron chi connectivity index (χ4n) is 0.538. The van der Waals surface area contributed by atoms with Gasteiger partial charge in [-0.3, -0.25) is 0 Å². The molecular weight excluding hydrogens is 144 g/mol. The predicted octanol–water partition coefficient (Wildman–Crippen LogP) is 0.322. The number of aliphatic hydroxyl groups excluding tert-OH is 1. The van der Waals surface area contributed by atoms with Crippen molar-refractivity contribution >= 4 is 0 Å². The molecule has 0 heterocycles. The Bertz CT molecular complexity index is 110. The molecule has 1 atom stereocenters. The fourth-order valence-corrected chi connectivity index (χ4v) is 0.538. The third kappa shape index (κ3) is 6.04.